The molecule has 3 nitrogen and oxygen atoms in total. The van der Waals surface area contributed by atoms with Crippen molar-refractivity contribution >= 4 is 27.5 Å². The van der Waals surface area contributed by atoms with Crippen molar-refractivity contribution in [1.82, 2.24) is 14.8 Å². The Morgan fingerprint density at radius 2 is 2.00 bits per heavy atom. The Bertz CT molecular complexity index is 625. The summed E-state index contributed by atoms with van der Waals surface area (Å²) >= 11 is 8.64. The zero-order chi connectivity index (χ0) is 14.9. The molecule has 0 saturated carbocycles. The standard InChI is InChI=1S/C12H10BrClF3N3/c1-2-20-10(6-14)18-19-11(20)7-3-4-9(13)8(5-7)12(15,16)17/h3-5H,2,6H2,1H3. The lowest BCUT2D eigenvalue weighted by molar-refractivity contribution is -0.138. The molecule has 2 rings (SSSR count). The van der Waals surface area contributed by atoms with E-state index in [4.69, 9.17) is 11.6 Å². The molecule has 0 radical (unpaired) electrons. The first kappa shape index (κ1) is 15.3. The predicted molar refractivity (Wildman–Crippen MR) is 73.4 cm³/mol. The highest BCUT2D eigenvalue weighted by atomic mass is 79.9. The lowest BCUT2D eigenvalue weighted by Crippen LogP contribution is -2.07. The molecule has 0 amide bonds. The maximum Gasteiger partial charge on any atom is 0.417 e. The van der Waals surface area contributed by atoms with Crippen LogP contribution in [0.3, 0.4) is 0 Å². The first-order chi connectivity index (χ1) is 9.38. The molecule has 0 spiro atoms. The fourth-order valence-corrected chi connectivity index (χ4v) is 2.53. The van der Waals surface area contributed by atoms with Crippen molar-refractivity contribution in [2.45, 2.75) is 25.5 Å². The molecular formula is C12H10BrClF3N3. The van der Waals surface area contributed by atoms with Gasteiger partial charge >= 0.3 is 6.18 Å². The zero-order valence-electron chi connectivity index (χ0n) is 10.4. The van der Waals surface area contributed by atoms with Crippen LogP contribution >= 0.6 is 27.5 Å². The van der Waals surface area contributed by atoms with Crippen LogP contribution in [0.2, 0.25) is 0 Å². The number of hydrogen-bond acceptors (Lipinski definition) is 2. The second kappa shape index (κ2) is 5.73. The largest absolute Gasteiger partial charge is 0.417 e. The van der Waals surface area contributed by atoms with Gasteiger partial charge in [0.15, 0.2) is 5.82 Å². The van der Waals surface area contributed by atoms with Crippen LogP contribution in [0.15, 0.2) is 22.7 Å². The van der Waals surface area contributed by atoms with E-state index in [2.05, 4.69) is 26.1 Å². The van der Waals surface area contributed by atoms with Crippen molar-refractivity contribution in [3.8, 4) is 11.4 Å². The molecule has 1 aromatic carbocycles. The lowest BCUT2D eigenvalue weighted by atomic mass is 10.1. The average Bonchev–Trinajstić information content (AvgIpc) is 2.80. The average molecular weight is 369 g/mol. The normalized spacial score (nSPS) is 11.9. The first-order valence-corrected chi connectivity index (χ1v) is 7.06. The summed E-state index contributed by atoms with van der Waals surface area (Å²) in [6, 6.07) is 3.97. The highest BCUT2D eigenvalue weighted by Crippen LogP contribution is 2.37. The SMILES string of the molecule is CCn1c(CCl)nnc1-c1ccc(Br)c(C(F)(F)F)c1. The van der Waals surface area contributed by atoms with Crippen LogP contribution in [0.4, 0.5) is 13.2 Å². The third-order valence-electron chi connectivity index (χ3n) is 2.79. The van der Waals surface area contributed by atoms with E-state index in [-0.39, 0.29) is 10.4 Å². The van der Waals surface area contributed by atoms with Gasteiger partial charge in [-0.1, -0.05) is 22.0 Å². The molecule has 0 saturated heterocycles. The number of aromatic nitrogens is 3. The Hall–Kier alpha value is -1.08. The van der Waals surface area contributed by atoms with Crippen molar-refractivity contribution in [3.05, 3.63) is 34.1 Å². The van der Waals surface area contributed by atoms with Gasteiger partial charge in [0.2, 0.25) is 0 Å². The number of nitrogens with zero attached hydrogens (tertiary/aromatic N) is 3. The minimum atomic E-state index is -4.43. The Balaban J connectivity index is 2.57. The number of rotatable bonds is 3. The van der Waals surface area contributed by atoms with Gasteiger partial charge in [0, 0.05) is 16.6 Å². The van der Waals surface area contributed by atoms with Crippen LogP contribution in [0.5, 0.6) is 0 Å². The first-order valence-electron chi connectivity index (χ1n) is 5.73. The molecule has 2 aromatic rings. The van der Waals surface area contributed by atoms with Crippen LogP contribution in [0.1, 0.15) is 18.3 Å². The highest BCUT2D eigenvalue weighted by Gasteiger charge is 2.33. The summed E-state index contributed by atoms with van der Waals surface area (Å²) in [5.41, 5.74) is -0.390. The second-order valence-electron chi connectivity index (χ2n) is 4.01. The van der Waals surface area contributed by atoms with Crippen molar-refractivity contribution in [2.24, 2.45) is 0 Å². The van der Waals surface area contributed by atoms with Gasteiger partial charge in [0.05, 0.1) is 11.4 Å². The van der Waals surface area contributed by atoms with Gasteiger partial charge in [-0.15, -0.1) is 21.8 Å². The monoisotopic (exact) mass is 367 g/mol. The summed E-state index contributed by atoms with van der Waals surface area (Å²) in [4.78, 5) is 0. The molecule has 1 aromatic heterocycles. The van der Waals surface area contributed by atoms with Crippen LogP contribution in [0.25, 0.3) is 11.4 Å². The number of alkyl halides is 4. The fraction of sp³-hybridized carbons (Fsp3) is 0.333. The van der Waals surface area contributed by atoms with E-state index in [1.165, 1.54) is 6.07 Å². The van der Waals surface area contributed by atoms with Crippen molar-refractivity contribution in [2.75, 3.05) is 0 Å². The minimum Gasteiger partial charge on any atom is -0.310 e. The molecule has 0 aliphatic heterocycles. The molecule has 8 heteroatoms. The van der Waals surface area contributed by atoms with Gasteiger partial charge in [0.1, 0.15) is 5.82 Å². The molecule has 20 heavy (non-hydrogen) atoms. The lowest BCUT2D eigenvalue weighted by Gasteiger charge is -2.11. The smallest absolute Gasteiger partial charge is 0.310 e. The molecule has 0 fully saturated rings. The Kier molecular flexibility index (Phi) is 4.39. The molecular weight excluding hydrogens is 359 g/mol. The highest BCUT2D eigenvalue weighted by molar-refractivity contribution is 9.10. The quantitative estimate of drug-likeness (QED) is 0.748. The summed E-state index contributed by atoms with van der Waals surface area (Å²) < 4.78 is 40.4. The zero-order valence-corrected chi connectivity index (χ0v) is 12.7. The predicted octanol–water partition coefficient (Wildman–Crippen LogP) is 4.49. The van der Waals surface area contributed by atoms with Crippen LogP contribution in [0, 0.1) is 0 Å². The van der Waals surface area contributed by atoms with E-state index >= 15 is 0 Å². The van der Waals surface area contributed by atoms with Gasteiger partial charge in [-0.3, -0.25) is 0 Å². The third-order valence-corrected chi connectivity index (χ3v) is 3.72. The topological polar surface area (TPSA) is 30.7 Å². The van der Waals surface area contributed by atoms with Crippen molar-refractivity contribution < 1.29 is 13.2 Å². The maximum absolute atomic E-state index is 12.9. The second-order valence-corrected chi connectivity index (χ2v) is 5.13. The Labute approximate surface area is 126 Å². The van der Waals surface area contributed by atoms with E-state index in [1.54, 1.807) is 10.6 Å². The number of benzene rings is 1. The molecule has 0 unspecified atom stereocenters. The van der Waals surface area contributed by atoms with E-state index in [9.17, 15) is 13.2 Å². The van der Waals surface area contributed by atoms with Gasteiger partial charge in [-0.05, 0) is 19.1 Å². The fourth-order valence-electron chi connectivity index (χ4n) is 1.86. The van der Waals surface area contributed by atoms with Crippen molar-refractivity contribution in [1.29, 1.82) is 0 Å². The molecule has 0 aliphatic rings. The third kappa shape index (κ3) is 2.83. The Morgan fingerprint density at radius 1 is 1.30 bits per heavy atom. The van der Waals surface area contributed by atoms with Gasteiger partial charge in [-0.2, -0.15) is 13.2 Å². The van der Waals surface area contributed by atoms with Gasteiger partial charge in [-0.25, -0.2) is 0 Å². The van der Waals surface area contributed by atoms with Gasteiger partial charge < -0.3 is 4.57 Å². The Morgan fingerprint density at radius 3 is 2.55 bits per heavy atom. The van der Waals surface area contributed by atoms with E-state index in [0.29, 0.717) is 23.8 Å². The maximum atomic E-state index is 12.9. The summed E-state index contributed by atoms with van der Waals surface area (Å²) in [6.45, 7) is 2.38. The van der Waals surface area contributed by atoms with Crippen molar-refractivity contribution in [3.63, 3.8) is 0 Å². The van der Waals surface area contributed by atoms with E-state index in [0.717, 1.165) is 6.07 Å². The molecule has 0 N–H and O–H groups in total. The molecule has 0 bridgehead atoms. The summed E-state index contributed by atoms with van der Waals surface area (Å²) in [5.74, 6) is 1.06. The van der Waals surface area contributed by atoms with Crippen LogP contribution in [-0.4, -0.2) is 14.8 Å². The molecule has 1 heterocycles. The molecule has 108 valence electrons. The van der Waals surface area contributed by atoms with Gasteiger partial charge in [0.25, 0.3) is 0 Å². The molecule has 0 aliphatic carbocycles. The number of hydrogen-bond donors (Lipinski definition) is 0. The summed E-state index contributed by atoms with van der Waals surface area (Å²) in [5, 5.41) is 7.81. The number of halogens is 5. The molecule has 0 atom stereocenters. The van der Waals surface area contributed by atoms with Crippen LogP contribution in [-0.2, 0) is 18.6 Å². The van der Waals surface area contributed by atoms with E-state index in [1.807, 2.05) is 6.92 Å². The minimum absolute atomic E-state index is 0.00567. The van der Waals surface area contributed by atoms with E-state index < -0.39 is 11.7 Å². The summed E-state index contributed by atoms with van der Waals surface area (Å²) in [6.07, 6.45) is -4.43. The van der Waals surface area contributed by atoms with Crippen LogP contribution < -0.4 is 0 Å². The summed E-state index contributed by atoms with van der Waals surface area (Å²) in [7, 11) is 0.